The first kappa shape index (κ1) is 11.0. The summed E-state index contributed by atoms with van der Waals surface area (Å²) in [5, 5.41) is 19.0. The van der Waals surface area contributed by atoms with Crippen LogP contribution in [0.3, 0.4) is 0 Å². The maximum Gasteiger partial charge on any atom is 0.269 e. The zero-order valence-corrected chi connectivity index (χ0v) is 9.14. The zero-order chi connectivity index (χ0) is 12.1. The lowest BCUT2D eigenvalue weighted by Crippen LogP contribution is -2.19. The highest BCUT2D eigenvalue weighted by atomic mass is 16.1. The number of nitrogens with zero attached hydrogens (tertiary/aromatic N) is 4. The second-order valence-electron chi connectivity index (χ2n) is 3.19. The van der Waals surface area contributed by atoms with E-state index in [0.29, 0.717) is 18.1 Å². The molecule has 0 aliphatic carbocycles. The van der Waals surface area contributed by atoms with E-state index in [1.807, 2.05) is 0 Å². The maximum absolute atomic E-state index is 11.4. The number of anilines is 1. The highest BCUT2D eigenvalue weighted by molar-refractivity contribution is 5.92. The predicted molar refractivity (Wildman–Crippen MR) is 59.1 cm³/mol. The molecule has 0 spiro atoms. The molecule has 0 radical (unpaired) electrons. The molecule has 2 aromatic rings. The van der Waals surface area contributed by atoms with Crippen molar-refractivity contribution >= 4 is 11.6 Å². The summed E-state index contributed by atoms with van der Waals surface area (Å²) >= 11 is 0. The summed E-state index contributed by atoms with van der Waals surface area (Å²) in [4.78, 5) is 15.3. The normalized spacial score (nSPS) is 9.94. The number of carbonyl (C=O) groups is 1. The Morgan fingerprint density at radius 2 is 2.41 bits per heavy atom. The fraction of sp³-hybridized carbons (Fsp3) is 0.222. The quantitative estimate of drug-likeness (QED) is 0.661. The molecule has 1 amide bonds. The summed E-state index contributed by atoms with van der Waals surface area (Å²) in [6.45, 7) is 0.424. The average Bonchev–Trinajstić information content (AvgIpc) is 2.89. The monoisotopic (exact) mass is 233 g/mol. The van der Waals surface area contributed by atoms with Gasteiger partial charge in [0, 0.05) is 18.9 Å². The van der Waals surface area contributed by atoms with Crippen LogP contribution in [0.2, 0.25) is 0 Å². The lowest BCUT2D eigenvalue weighted by molar-refractivity contribution is 0.0958. The molecule has 3 N–H and O–H groups in total. The van der Waals surface area contributed by atoms with Crippen molar-refractivity contribution in [3.63, 3.8) is 0 Å². The molecule has 17 heavy (non-hydrogen) atoms. The van der Waals surface area contributed by atoms with E-state index in [4.69, 9.17) is 0 Å². The molecule has 0 atom stereocenters. The van der Waals surface area contributed by atoms with E-state index in [2.05, 4.69) is 36.2 Å². The third kappa shape index (κ3) is 2.74. The van der Waals surface area contributed by atoms with Gasteiger partial charge in [-0.1, -0.05) is 5.21 Å². The van der Waals surface area contributed by atoms with E-state index in [-0.39, 0.29) is 5.91 Å². The van der Waals surface area contributed by atoms with Gasteiger partial charge in [0.05, 0.1) is 6.54 Å². The molecule has 2 aromatic heterocycles. The van der Waals surface area contributed by atoms with Crippen molar-refractivity contribution in [2.45, 2.75) is 6.54 Å². The van der Waals surface area contributed by atoms with Crippen LogP contribution in [0.1, 0.15) is 16.3 Å². The Labute approximate surface area is 96.8 Å². The first-order valence-corrected chi connectivity index (χ1v) is 4.94. The largest absolute Gasteiger partial charge is 0.377 e. The summed E-state index contributed by atoms with van der Waals surface area (Å²) in [6.07, 6.45) is 1.56. The van der Waals surface area contributed by atoms with Crippen LogP contribution in [0.15, 0.2) is 18.3 Å². The Balaban J connectivity index is 2.03. The Kier molecular flexibility index (Phi) is 3.24. The topological polar surface area (TPSA) is 108 Å². The highest BCUT2D eigenvalue weighted by Crippen LogP contribution is 2.08. The second kappa shape index (κ2) is 5.01. The van der Waals surface area contributed by atoms with Gasteiger partial charge in [0.25, 0.3) is 5.91 Å². The molecule has 88 valence electrons. The van der Waals surface area contributed by atoms with Gasteiger partial charge in [-0.15, -0.1) is 10.2 Å². The van der Waals surface area contributed by atoms with E-state index < -0.39 is 0 Å². The molecule has 2 heterocycles. The standard InChI is InChI=1S/C9H11N7O/c1-10-9(17)7-4-6(2-3-11-7)12-5-8-13-15-16-14-8/h2-4H,5H2,1H3,(H,10,17)(H,11,12)(H,13,14,15,16). The van der Waals surface area contributed by atoms with E-state index in [1.54, 1.807) is 25.4 Å². The number of H-pyrrole nitrogens is 1. The molecular weight excluding hydrogens is 222 g/mol. The minimum atomic E-state index is -0.229. The van der Waals surface area contributed by atoms with E-state index in [0.717, 1.165) is 5.69 Å². The molecule has 0 aliphatic heterocycles. The minimum absolute atomic E-state index is 0.229. The number of hydrogen-bond donors (Lipinski definition) is 3. The molecule has 0 bridgehead atoms. The first-order chi connectivity index (χ1) is 8.29. The van der Waals surface area contributed by atoms with Crippen LogP contribution in [-0.4, -0.2) is 38.6 Å². The van der Waals surface area contributed by atoms with Gasteiger partial charge in [0.1, 0.15) is 5.69 Å². The van der Waals surface area contributed by atoms with Crippen molar-refractivity contribution in [1.29, 1.82) is 0 Å². The first-order valence-electron chi connectivity index (χ1n) is 4.94. The average molecular weight is 233 g/mol. The number of aromatic nitrogens is 5. The second-order valence-corrected chi connectivity index (χ2v) is 3.19. The van der Waals surface area contributed by atoms with Crippen molar-refractivity contribution in [3.05, 3.63) is 29.8 Å². The number of pyridine rings is 1. The summed E-state index contributed by atoms with van der Waals surface area (Å²) in [7, 11) is 1.56. The Bertz CT molecular complexity index is 496. The van der Waals surface area contributed by atoms with Crippen LogP contribution in [0.4, 0.5) is 5.69 Å². The van der Waals surface area contributed by atoms with Crippen molar-refractivity contribution < 1.29 is 4.79 Å². The molecule has 0 aliphatic rings. The van der Waals surface area contributed by atoms with Gasteiger partial charge >= 0.3 is 0 Å². The number of aromatic amines is 1. The summed E-state index contributed by atoms with van der Waals surface area (Å²) in [5.74, 6) is 0.316. The minimum Gasteiger partial charge on any atom is -0.377 e. The third-order valence-electron chi connectivity index (χ3n) is 2.06. The Morgan fingerprint density at radius 1 is 1.53 bits per heavy atom. The summed E-state index contributed by atoms with van der Waals surface area (Å²) in [5.41, 5.74) is 1.12. The number of nitrogens with one attached hydrogen (secondary N) is 3. The molecule has 8 nitrogen and oxygen atoms in total. The lowest BCUT2D eigenvalue weighted by atomic mass is 10.3. The fourth-order valence-electron chi connectivity index (χ4n) is 1.23. The predicted octanol–water partition coefficient (Wildman–Crippen LogP) is -0.434. The van der Waals surface area contributed by atoms with Gasteiger partial charge in [-0.3, -0.25) is 9.78 Å². The molecule has 0 aromatic carbocycles. The van der Waals surface area contributed by atoms with Gasteiger partial charge < -0.3 is 10.6 Å². The van der Waals surface area contributed by atoms with Crippen LogP contribution in [0, 0.1) is 0 Å². The van der Waals surface area contributed by atoms with Crippen molar-refractivity contribution in [2.75, 3.05) is 12.4 Å². The van der Waals surface area contributed by atoms with Gasteiger partial charge in [-0.25, -0.2) is 0 Å². The third-order valence-corrected chi connectivity index (χ3v) is 2.06. The van der Waals surface area contributed by atoms with Gasteiger partial charge in [0.15, 0.2) is 5.82 Å². The van der Waals surface area contributed by atoms with E-state index in [1.165, 1.54) is 0 Å². The highest BCUT2D eigenvalue weighted by Gasteiger charge is 2.05. The number of amides is 1. The molecule has 2 rings (SSSR count). The van der Waals surface area contributed by atoms with Crippen LogP contribution < -0.4 is 10.6 Å². The summed E-state index contributed by atoms with van der Waals surface area (Å²) in [6, 6.07) is 3.41. The maximum atomic E-state index is 11.4. The van der Waals surface area contributed by atoms with Gasteiger partial charge in [-0.05, 0) is 12.1 Å². The Hall–Kier alpha value is -2.51. The lowest BCUT2D eigenvalue weighted by Gasteiger charge is -2.04. The van der Waals surface area contributed by atoms with Crippen LogP contribution in [-0.2, 0) is 6.54 Å². The van der Waals surface area contributed by atoms with E-state index in [9.17, 15) is 4.79 Å². The molecule has 0 unspecified atom stereocenters. The molecule has 0 saturated heterocycles. The van der Waals surface area contributed by atoms with Crippen molar-refractivity contribution in [2.24, 2.45) is 0 Å². The zero-order valence-electron chi connectivity index (χ0n) is 9.14. The Morgan fingerprint density at radius 3 is 3.12 bits per heavy atom. The summed E-state index contributed by atoms with van der Waals surface area (Å²) < 4.78 is 0. The molecule has 0 saturated carbocycles. The van der Waals surface area contributed by atoms with Crippen molar-refractivity contribution in [3.8, 4) is 0 Å². The van der Waals surface area contributed by atoms with E-state index >= 15 is 0 Å². The smallest absolute Gasteiger partial charge is 0.269 e. The fourth-order valence-corrected chi connectivity index (χ4v) is 1.23. The molecule has 0 fully saturated rings. The number of tetrazole rings is 1. The molecular formula is C9H11N7O. The van der Waals surface area contributed by atoms with Gasteiger partial charge in [0.2, 0.25) is 0 Å². The molecule has 8 heteroatoms. The van der Waals surface area contributed by atoms with Crippen LogP contribution in [0.25, 0.3) is 0 Å². The van der Waals surface area contributed by atoms with Crippen LogP contribution in [0.5, 0.6) is 0 Å². The number of carbonyl (C=O) groups excluding carboxylic acids is 1. The van der Waals surface area contributed by atoms with Crippen LogP contribution >= 0.6 is 0 Å². The SMILES string of the molecule is CNC(=O)c1cc(NCc2nn[nH]n2)ccn1. The number of hydrogen-bond acceptors (Lipinski definition) is 6. The van der Waals surface area contributed by atoms with Crippen molar-refractivity contribution in [1.82, 2.24) is 30.9 Å². The number of rotatable bonds is 4. The van der Waals surface area contributed by atoms with Gasteiger partial charge in [-0.2, -0.15) is 5.21 Å².